The van der Waals surface area contributed by atoms with Crippen molar-refractivity contribution in [3.8, 4) is 11.5 Å². The standard InChI is InChI=1S/C20H28N2O5/c21-17-5-1-3-7-19(17)26-15-13-24-11-9-23-10-12-25-14-16-27-20-8-4-2-6-18(20)22/h1-8H,9-16,21-22H2. The Morgan fingerprint density at radius 1 is 0.481 bits per heavy atom. The van der Waals surface area contributed by atoms with Crippen LogP contribution in [0.4, 0.5) is 11.4 Å². The van der Waals surface area contributed by atoms with Crippen LogP contribution >= 0.6 is 0 Å². The summed E-state index contributed by atoms with van der Waals surface area (Å²) in [5.41, 5.74) is 12.8. The molecule has 2 aromatic carbocycles. The zero-order valence-electron chi connectivity index (χ0n) is 15.5. The van der Waals surface area contributed by atoms with E-state index in [4.69, 9.17) is 35.2 Å². The molecule has 0 aliphatic carbocycles. The summed E-state index contributed by atoms with van der Waals surface area (Å²) in [4.78, 5) is 0. The average molecular weight is 376 g/mol. The number of benzene rings is 2. The van der Waals surface area contributed by atoms with E-state index in [1.165, 1.54) is 0 Å². The molecule has 0 aromatic heterocycles. The summed E-state index contributed by atoms with van der Waals surface area (Å²) in [5.74, 6) is 1.35. The fraction of sp³-hybridized carbons (Fsp3) is 0.400. The van der Waals surface area contributed by atoms with Gasteiger partial charge in [-0.05, 0) is 24.3 Å². The summed E-state index contributed by atoms with van der Waals surface area (Å²) < 4.78 is 27.4. The quantitative estimate of drug-likeness (QED) is 0.386. The maximum absolute atomic E-state index is 5.78. The molecule has 0 saturated heterocycles. The van der Waals surface area contributed by atoms with Gasteiger partial charge < -0.3 is 35.2 Å². The van der Waals surface area contributed by atoms with Gasteiger partial charge in [-0.3, -0.25) is 0 Å². The second kappa shape index (κ2) is 12.8. The minimum Gasteiger partial charge on any atom is -0.489 e. The van der Waals surface area contributed by atoms with Crippen molar-refractivity contribution >= 4 is 11.4 Å². The second-order valence-corrected chi connectivity index (χ2v) is 5.61. The van der Waals surface area contributed by atoms with Gasteiger partial charge in [0.15, 0.2) is 0 Å². The van der Waals surface area contributed by atoms with E-state index in [0.29, 0.717) is 75.7 Å². The molecule has 0 aliphatic heterocycles. The van der Waals surface area contributed by atoms with Crippen LogP contribution in [0.1, 0.15) is 0 Å². The van der Waals surface area contributed by atoms with E-state index in [1.54, 1.807) is 12.1 Å². The summed E-state index contributed by atoms with van der Waals surface area (Å²) in [6.45, 7) is 3.88. The number of hydrogen-bond donors (Lipinski definition) is 2. The third-order valence-electron chi connectivity index (χ3n) is 3.55. The lowest BCUT2D eigenvalue weighted by molar-refractivity contribution is 0.00505. The van der Waals surface area contributed by atoms with Crippen molar-refractivity contribution < 1.29 is 23.7 Å². The highest BCUT2D eigenvalue weighted by molar-refractivity contribution is 5.52. The lowest BCUT2D eigenvalue weighted by atomic mass is 10.3. The fourth-order valence-electron chi connectivity index (χ4n) is 2.19. The first-order valence-corrected chi connectivity index (χ1v) is 8.95. The molecule has 7 heteroatoms. The first-order valence-electron chi connectivity index (χ1n) is 8.95. The Morgan fingerprint density at radius 3 is 1.19 bits per heavy atom. The molecule has 148 valence electrons. The molecule has 27 heavy (non-hydrogen) atoms. The van der Waals surface area contributed by atoms with Crippen LogP contribution < -0.4 is 20.9 Å². The fourth-order valence-corrected chi connectivity index (χ4v) is 2.19. The topological polar surface area (TPSA) is 98.2 Å². The highest BCUT2D eigenvalue weighted by atomic mass is 16.6. The summed E-state index contributed by atoms with van der Waals surface area (Å²) in [7, 11) is 0. The zero-order chi connectivity index (χ0) is 19.2. The Kier molecular flexibility index (Phi) is 9.88. The van der Waals surface area contributed by atoms with E-state index in [9.17, 15) is 0 Å². The van der Waals surface area contributed by atoms with Crippen molar-refractivity contribution in [3.05, 3.63) is 48.5 Å². The van der Waals surface area contributed by atoms with Gasteiger partial charge in [0, 0.05) is 0 Å². The SMILES string of the molecule is Nc1ccccc1OCCOCCOCCOCCOc1ccccc1N. The molecule has 7 nitrogen and oxygen atoms in total. The van der Waals surface area contributed by atoms with Crippen LogP contribution in [0.25, 0.3) is 0 Å². The van der Waals surface area contributed by atoms with Crippen molar-refractivity contribution in [1.82, 2.24) is 0 Å². The van der Waals surface area contributed by atoms with Crippen LogP contribution in [0.15, 0.2) is 48.5 Å². The van der Waals surface area contributed by atoms with Crippen LogP contribution in [0, 0.1) is 0 Å². The molecule has 2 aromatic rings. The predicted molar refractivity (Wildman–Crippen MR) is 105 cm³/mol. The Bertz CT molecular complexity index is 598. The molecule has 0 radical (unpaired) electrons. The number of nitrogen functional groups attached to an aromatic ring is 2. The largest absolute Gasteiger partial charge is 0.489 e. The van der Waals surface area contributed by atoms with Crippen molar-refractivity contribution in [2.45, 2.75) is 0 Å². The number of nitrogens with two attached hydrogens (primary N) is 2. The van der Waals surface area contributed by atoms with Gasteiger partial charge in [0.05, 0.1) is 51.0 Å². The molecule has 0 aliphatic rings. The van der Waals surface area contributed by atoms with Gasteiger partial charge in [0.1, 0.15) is 24.7 Å². The molecule has 0 spiro atoms. The number of anilines is 2. The number of para-hydroxylation sites is 4. The molecule has 2 rings (SSSR count). The van der Waals surface area contributed by atoms with Crippen LogP contribution in [0.3, 0.4) is 0 Å². The molecular weight excluding hydrogens is 348 g/mol. The Hall–Kier alpha value is -2.48. The van der Waals surface area contributed by atoms with E-state index in [2.05, 4.69) is 0 Å². The van der Waals surface area contributed by atoms with E-state index < -0.39 is 0 Å². The van der Waals surface area contributed by atoms with E-state index in [0.717, 1.165) is 0 Å². The average Bonchev–Trinajstić information content (AvgIpc) is 2.68. The maximum atomic E-state index is 5.78. The first-order chi connectivity index (χ1) is 13.3. The molecular formula is C20H28N2O5. The summed E-state index contributed by atoms with van der Waals surface area (Å²) in [5, 5.41) is 0. The van der Waals surface area contributed by atoms with E-state index >= 15 is 0 Å². The predicted octanol–water partition coefficient (Wildman–Crippen LogP) is 2.36. The normalized spacial score (nSPS) is 10.7. The highest BCUT2D eigenvalue weighted by Gasteiger charge is 1.99. The number of rotatable bonds is 14. The van der Waals surface area contributed by atoms with Crippen LogP contribution in [0.2, 0.25) is 0 Å². The lowest BCUT2D eigenvalue weighted by Crippen LogP contribution is -2.14. The summed E-state index contributed by atoms with van der Waals surface area (Å²) in [6.07, 6.45) is 0. The van der Waals surface area contributed by atoms with Gasteiger partial charge in [-0.2, -0.15) is 0 Å². The molecule has 0 unspecified atom stereocenters. The Morgan fingerprint density at radius 2 is 0.815 bits per heavy atom. The van der Waals surface area contributed by atoms with Gasteiger partial charge in [-0.15, -0.1) is 0 Å². The molecule has 0 heterocycles. The van der Waals surface area contributed by atoms with Gasteiger partial charge in [0.2, 0.25) is 0 Å². The Balaban J connectivity index is 1.35. The zero-order valence-corrected chi connectivity index (χ0v) is 15.5. The Labute approximate surface area is 160 Å². The van der Waals surface area contributed by atoms with Crippen molar-refractivity contribution in [3.63, 3.8) is 0 Å². The second-order valence-electron chi connectivity index (χ2n) is 5.61. The van der Waals surface area contributed by atoms with Crippen molar-refractivity contribution in [2.75, 3.05) is 64.3 Å². The van der Waals surface area contributed by atoms with Gasteiger partial charge in [-0.25, -0.2) is 0 Å². The molecule has 0 bridgehead atoms. The number of ether oxygens (including phenoxy) is 5. The molecule has 0 saturated carbocycles. The van der Waals surface area contributed by atoms with E-state index in [-0.39, 0.29) is 0 Å². The van der Waals surface area contributed by atoms with E-state index in [1.807, 2.05) is 36.4 Å². The molecule has 4 N–H and O–H groups in total. The van der Waals surface area contributed by atoms with Gasteiger partial charge in [-0.1, -0.05) is 24.3 Å². The summed E-state index contributed by atoms with van der Waals surface area (Å²) in [6, 6.07) is 14.8. The molecule has 0 amide bonds. The van der Waals surface area contributed by atoms with Crippen LogP contribution in [-0.2, 0) is 14.2 Å². The van der Waals surface area contributed by atoms with Gasteiger partial charge in [0.25, 0.3) is 0 Å². The monoisotopic (exact) mass is 376 g/mol. The summed E-state index contributed by atoms with van der Waals surface area (Å²) >= 11 is 0. The molecule has 0 atom stereocenters. The smallest absolute Gasteiger partial charge is 0.142 e. The minimum atomic E-state index is 0.448. The van der Waals surface area contributed by atoms with Gasteiger partial charge >= 0.3 is 0 Å². The highest BCUT2D eigenvalue weighted by Crippen LogP contribution is 2.20. The first kappa shape index (κ1) is 20.8. The third kappa shape index (κ3) is 8.63. The number of hydrogen-bond acceptors (Lipinski definition) is 7. The minimum absolute atomic E-state index is 0.448. The lowest BCUT2D eigenvalue weighted by Gasteiger charge is -2.10. The maximum Gasteiger partial charge on any atom is 0.142 e. The van der Waals surface area contributed by atoms with Crippen LogP contribution in [0.5, 0.6) is 11.5 Å². The molecule has 0 fully saturated rings. The van der Waals surface area contributed by atoms with Crippen LogP contribution in [-0.4, -0.2) is 52.9 Å². The van der Waals surface area contributed by atoms with Crippen molar-refractivity contribution in [2.24, 2.45) is 0 Å². The van der Waals surface area contributed by atoms with Crippen molar-refractivity contribution in [1.29, 1.82) is 0 Å². The third-order valence-corrected chi connectivity index (χ3v) is 3.55.